The van der Waals surface area contributed by atoms with Gasteiger partial charge in [-0.25, -0.2) is 0 Å². The van der Waals surface area contributed by atoms with Crippen molar-refractivity contribution in [1.29, 1.82) is 0 Å². The summed E-state index contributed by atoms with van der Waals surface area (Å²) in [5, 5.41) is 3.04. The number of carbonyl (C=O) groups is 1. The lowest BCUT2D eigenvalue weighted by atomic mass is 9.89. The van der Waals surface area contributed by atoms with Gasteiger partial charge in [0.05, 0.1) is 16.1 Å². The minimum Gasteiger partial charge on any atom is -0.391 e. The Morgan fingerprint density at radius 1 is 1.32 bits per heavy atom. The second-order valence-corrected chi connectivity index (χ2v) is 5.50. The van der Waals surface area contributed by atoms with Crippen LogP contribution in [0.3, 0.4) is 0 Å². The van der Waals surface area contributed by atoms with Crippen molar-refractivity contribution in [3.63, 3.8) is 0 Å². The van der Waals surface area contributed by atoms with Crippen LogP contribution in [0.1, 0.15) is 48.9 Å². The molecule has 1 heterocycles. The van der Waals surface area contributed by atoms with Gasteiger partial charge in [0.2, 0.25) is 0 Å². The molecule has 0 aliphatic heterocycles. The Hall–Kier alpha value is -1.49. The maximum atomic E-state index is 12.3. The molecule has 0 saturated heterocycles. The Labute approximate surface area is 118 Å². The molecular formula is C14H19N3OS. The summed E-state index contributed by atoms with van der Waals surface area (Å²) in [6, 6.07) is 3.49. The average molecular weight is 277 g/mol. The maximum absolute atomic E-state index is 12.3. The lowest BCUT2D eigenvalue weighted by Crippen LogP contribution is -2.56. The number of rotatable bonds is 3. The molecule has 0 unspecified atom stereocenters. The van der Waals surface area contributed by atoms with E-state index in [0.29, 0.717) is 10.6 Å². The van der Waals surface area contributed by atoms with Crippen molar-refractivity contribution in [3.05, 3.63) is 30.1 Å². The number of pyridine rings is 1. The van der Waals surface area contributed by atoms with Crippen LogP contribution in [0.5, 0.6) is 0 Å². The van der Waals surface area contributed by atoms with E-state index in [-0.39, 0.29) is 5.91 Å². The lowest BCUT2D eigenvalue weighted by molar-refractivity contribution is 0.0917. The summed E-state index contributed by atoms with van der Waals surface area (Å²) < 4.78 is 0. The standard InChI is InChI=1S/C14H19N3OS/c15-13(19)14(7-3-1-2-4-8-14)17-12(18)11-6-5-9-16-10-11/h5-6,9-10H,1-4,7-8H2,(H2,15,19)(H,17,18). The minimum atomic E-state index is -0.529. The fraction of sp³-hybridized carbons (Fsp3) is 0.500. The van der Waals surface area contributed by atoms with Crippen molar-refractivity contribution in [2.24, 2.45) is 5.73 Å². The molecule has 1 fully saturated rings. The first-order chi connectivity index (χ1) is 9.14. The number of thiocarbonyl (C=S) groups is 1. The summed E-state index contributed by atoms with van der Waals surface area (Å²) in [4.78, 5) is 16.6. The van der Waals surface area contributed by atoms with Gasteiger partial charge >= 0.3 is 0 Å². The van der Waals surface area contributed by atoms with Crippen LogP contribution in [0.4, 0.5) is 0 Å². The largest absolute Gasteiger partial charge is 0.391 e. The Kier molecular flexibility index (Phi) is 4.47. The molecule has 2 rings (SSSR count). The average Bonchev–Trinajstić information content (AvgIpc) is 2.66. The summed E-state index contributed by atoms with van der Waals surface area (Å²) >= 11 is 5.20. The highest BCUT2D eigenvalue weighted by atomic mass is 32.1. The molecule has 0 spiro atoms. The zero-order chi connectivity index (χ0) is 13.7. The molecule has 1 amide bonds. The van der Waals surface area contributed by atoms with Crippen LogP contribution in [0, 0.1) is 0 Å². The third kappa shape index (κ3) is 3.29. The second-order valence-electron chi connectivity index (χ2n) is 5.06. The normalized spacial score (nSPS) is 18.3. The molecule has 102 valence electrons. The van der Waals surface area contributed by atoms with Gasteiger partial charge in [0.1, 0.15) is 0 Å². The number of hydrogen-bond donors (Lipinski definition) is 2. The summed E-state index contributed by atoms with van der Waals surface area (Å²) in [5.41, 5.74) is 5.91. The number of amides is 1. The molecule has 0 radical (unpaired) electrons. The van der Waals surface area contributed by atoms with Gasteiger partial charge < -0.3 is 11.1 Å². The highest BCUT2D eigenvalue weighted by Gasteiger charge is 2.35. The van der Waals surface area contributed by atoms with Gasteiger partial charge in [-0.3, -0.25) is 9.78 Å². The van der Waals surface area contributed by atoms with E-state index in [9.17, 15) is 4.79 Å². The molecule has 1 aromatic rings. The Morgan fingerprint density at radius 2 is 2.00 bits per heavy atom. The van der Waals surface area contributed by atoms with Crippen molar-refractivity contribution < 1.29 is 4.79 Å². The summed E-state index contributed by atoms with van der Waals surface area (Å²) in [6.45, 7) is 0. The van der Waals surface area contributed by atoms with Gasteiger partial charge in [-0.15, -0.1) is 0 Å². The number of carbonyl (C=O) groups excluding carboxylic acids is 1. The van der Waals surface area contributed by atoms with E-state index < -0.39 is 5.54 Å². The van der Waals surface area contributed by atoms with E-state index in [4.69, 9.17) is 18.0 Å². The van der Waals surface area contributed by atoms with Crippen molar-refractivity contribution >= 4 is 23.1 Å². The molecule has 3 N–H and O–H groups in total. The zero-order valence-corrected chi connectivity index (χ0v) is 11.7. The minimum absolute atomic E-state index is 0.150. The summed E-state index contributed by atoms with van der Waals surface area (Å²) in [5.74, 6) is -0.150. The highest BCUT2D eigenvalue weighted by molar-refractivity contribution is 7.80. The fourth-order valence-corrected chi connectivity index (χ4v) is 2.81. The van der Waals surface area contributed by atoms with Crippen LogP contribution in [0.2, 0.25) is 0 Å². The van der Waals surface area contributed by atoms with Crippen LogP contribution in [0.25, 0.3) is 0 Å². The van der Waals surface area contributed by atoms with Gasteiger partial charge in [-0.1, -0.05) is 37.9 Å². The molecular weight excluding hydrogens is 258 g/mol. The number of nitrogens with two attached hydrogens (primary N) is 1. The van der Waals surface area contributed by atoms with E-state index in [2.05, 4.69) is 10.3 Å². The summed E-state index contributed by atoms with van der Waals surface area (Å²) in [6.07, 6.45) is 9.29. The Bertz CT molecular complexity index is 453. The fourth-order valence-electron chi connectivity index (χ4n) is 2.55. The number of nitrogens with one attached hydrogen (secondary N) is 1. The van der Waals surface area contributed by atoms with Crippen molar-refractivity contribution in [2.45, 2.75) is 44.1 Å². The quantitative estimate of drug-likeness (QED) is 0.656. The van der Waals surface area contributed by atoms with Crippen molar-refractivity contribution in [1.82, 2.24) is 10.3 Å². The molecule has 0 bridgehead atoms. The number of aromatic nitrogens is 1. The smallest absolute Gasteiger partial charge is 0.253 e. The van der Waals surface area contributed by atoms with Gasteiger partial charge in [-0.2, -0.15) is 0 Å². The first-order valence-electron chi connectivity index (χ1n) is 6.66. The van der Waals surface area contributed by atoms with Crippen LogP contribution in [-0.4, -0.2) is 21.4 Å². The molecule has 4 nitrogen and oxygen atoms in total. The maximum Gasteiger partial charge on any atom is 0.253 e. The van der Waals surface area contributed by atoms with Gasteiger partial charge in [0, 0.05) is 12.4 Å². The van der Waals surface area contributed by atoms with E-state index in [1.165, 1.54) is 12.8 Å². The molecule has 1 saturated carbocycles. The van der Waals surface area contributed by atoms with E-state index in [1.807, 2.05) is 0 Å². The Morgan fingerprint density at radius 3 is 2.53 bits per heavy atom. The predicted octanol–water partition coefficient (Wildman–Crippen LogP) is 2.19. The third-order valence-corrected chi connectivity index (χ3v) is 4.10. The monoisotopic (exact) mass is 277 g/mol. The van der Waals surface area contributed by atoms with Crippen molar-refractivity contribution in [2.75, 3.05) is 0 Å². The number of hydrogen-bond acceptors (Lipinski definition) is 3. The van der Waals surface area contributed by atoms with Crippen LogP contribution in [-0.2, 0) is 0 Å². The molecule has 1 aromatic heterocycles. The predicted molar refractivity (Wildman–Crippen MR) is 78.9 cm³/mol. The zero-order valence-electron chi connectivity index (χ0n) is 10.9. The van der Waals surface area contributed by atoms with Crippen LogP contribution in [0.15, 0.2) is 24.5 Å². The van der Waals surface area contributed by atoms with Gasteiger partial charge in [-0.05, 0) is 25.0 Å². The van der Waals surface area contributed by atoms with Gasteiger partial charge in [0.25, 0.3) is 5.91 Å². The second kappa shape index (κ2) is 6.10. The van der Waals surface area contributed by atoms with Crippen LogP contribution >= 0.6 is 12.2 Å². The van der Waals surface area contributed by atoms with E-state index >= 15 is 0 Å². The molecule has 1 aliphatic carbocycles. The van der Waals surface area contributed by atoms with E-state index in [1.54, 1.807) is 24.5 Å². The Balaban J connectivity index is 2.17. The molecule has 5 heteroatoms. The molecule has 19 heavy (non-hydrogen) atoms. The van der Waals surface area contributed by atoms with Crippen molar-refractivity contribution in [3.8, 4) is 0 Å². The number of nitrogens with zero attached hydrogens (tertiary/aromatic N) is 1. The topological polar surface area (TPSA) is 68.0 Å². The van der Waals surface area contributed by atoms with Crippen LogP contribution < -0.4 is 11.1 Å². The van der Waals surface area contributed by atoms with E-state index in [0.717, 1.165) is 25.7 Å². The lowest BCUT2D eigenvalue weighted by Gasteiger charge is -2.32. The summed E-state index contributed by atoms with van der Waals surface area (Å²) in [7, 11) is 0. The van der Waals surface area contributed by atoms with Gasteiger partial charge in [0.15, 0.2) is 0 Å². The SMILES string of the molecule is NC(=S)C1(NC(=O)c2cccnc2)CCCCCC1. The third-order valence-electron chi connectivity index (χ3n) is 3.71. The molecule has 0 aromatic carbocycles. The first-order valence-corrected chi connectivity index (χ1v) is 7.07. The molecule has 0 atom stereocenters. The molecule has 1 aliphatic rings. The first kappa shape index (κ1) is 13.9. The highest BCUT2D eigenvalue weighted by Crippen LogP contribution is 2.28.